The van der Waals surface area contributed by atoms with Gasteiger partial charge in [-0.2, -0.15) is 10.1 Å². The van der Waals surface area contributed by atoms with Crippen LogP contribution >= 0.6 is 0 Å². The topological polar surface area (TPSA) is 69.2 Å². The van der Waals surface area contributed by atoms with Crippen LogP contribution in [0.5, 0.6) is 0 Å². The minimum Gasteiger partial charge on any atom is -0.378 e. The molecule has 0 amide bonds. The lowest BCUT2D eigenvalue weighted by molar-refractivity contribution is -0.0141. The Balaban J connectivity index is 1.75. The van der Waals surface area contributed by atoms with E-state index in [1.165, 1.54) is 0 Å². The van der Waals surface area contributed by atoms with E-state index in [1.54, 1.807) is 10.9 Å². The number of rotatable bonds is 5. The number of hydrogen-bond acceptors (Lipinski definition) is 6. The SMILES string of the molecule is CC(C)CCN1CCOCC1c1noc(-c2cnn(C)c2)n1. The first-order valence-corrected chi connectivity index (χ1v) is 7.78. The molecule has 7 nitrogen and oxygen atoms in total. The Morgan fingerprint density at radius 3 is 3.00 bits per heavy atom. The molecule has 7 heteroatoms. The Morgan fingerprint density at radius 1 is 1.41 bits per heavy atom. The van der Waals surface area contributed by atoms with Crippen LogP contribution in [-0.2, 0) is 11.8 Å². The van der Waals surface area contributed by atoms with E-state index in [-0.39, 0.29) is 6.04 Å². The van der Waals surface area contributed by atoms with Crippen LogP contribution in [0.3, 0.4) is 0 Å². The van der Waals surface area contributed by atoms with E-state index in [1.807, 2.05) is 13.2 Å². The van der Waals surface area contributed by atoms with Crippen molar-refractivity contribution in [3.05, 3.63) is 18.2 Å². The second kappa shape index (κ2) is 6.58. The molecule has 120 valence electrons. The molecule has 0 N–H and O–H groups in total. The highest BCUT2D eigenvalue weighted by atomic mass is 16.5. The lowest BCUT2D eigenvalue weighted by atomic mass is 10.1. The molecule has 2 aromatic heterocycles. The number of nitrogens with zero attached hydrogens (tertiary/aromatic N) is 5. The molecule has 0 bridgehead atoms. The standard InChI is InChI=1S/C15H23N5O2/c1-11(2)4-5-20-6-7-21-10-13(20)14-17-15(22-18-14)12-8-16-19(3)9-12/h8-9,11,13H,4-7,10H2,1-3H3. The summed E-state index contributed by atoms with van der Waals surface area (Å²) in [5, 5.41) is 8.29. The molecular weight excluding hydrogens is 282 g/mol. The van der Waals surface area contributed by atoms with Crippen molar-refractivity contribution >= 4 is 0 Å². The Bertz CT molecular complexity index is 607. The van der Waals surface area contributed by atoms with Crippen LogP contribution in [0.25, 0.3) is 11.5 Å². The average molecular weight is 305 g/mol. The molecular formula is C15H23N5O2. The Morgan fingerprint density at radius 2 is 2.27 bits per heavy atom. The van der Waals surface area contributed by atoms with Gasteiger partial charge in [0.05, 0.1) is 31.0 Å². The first-order valence-electron chi connectivity index (χ1n) is 7.78. The third-order valence-electron chi connectivity index (χ3n) is 3.92. The third kappa shape index (κ3) is 3.36. The van der Waals surface area contributed by atoms with Crippen LogP contribution in [0.1, 0.15) is 32.1 Å². The van der Waals surface area contributed by atoms with Crippen molar-refractivity contribution in [3.8, 4) is 11.5 Å². The fourth-order valence-electron chi connectivity index (χ4n) is 2.59. The zero-order valence-corrected chi connectivity index (χ0v) is 13.4. The lowest BCUT2D eigenvalue weighted by Gasteiger charge is -2.33. The van der Waals surface area contributed by atoms with Crippen molar-refractivity contribution in [3.63, 3.8) is 0 Å². The summed E-state index contributed by atoms with van der Waals surface area (Å²) >= 11 is 0. The van der Waals surface area contributed by atoms with Gasteiger partial charge in [-0.15, -0.1) is 0 Å². The van der Waals surface area contributed by atoms with Gasteiger partial charge in [-0.05, 0) is 18.9 Å². The Hall–Kier alpha value is -1.73. The van der Waals surface area contributed by atoms with E-state index in [0.29, 0.717) is 24.2 Å². The molecule has 0 saturated carbocycles. The summed E-state index contributed by atoms with van der Waals surface area (Å²) < 4.78 is 12.7. The number of ether oxygens (including phenoxy) is 1. The minimum atomic E-state index is 0.0710. The van der Waals surface area contributed by atoms with E-state index in [0.717, 1.165) is 31.7 Å². The van der Waals surface area contributed by atoms with Crippen molar-refractivity contribution in [2.24, 2.45) is 13.0 Å². The predicted octanol–water partition coefficient (Wildman–Crippen LogP) is 1.89. The van der Waals surface area contributed by atoms with Gasteiger partial charge < -0.3 is 9.26 Å². The number of hydrogen-bond donors (Lipinski definition) is 0. The van der Waals surface area contributed by atoms with Gasteiger partial charge in [0, 0.05) is 19.8 Å². The minimum absolute atomic E-state index is 0.0710. The fourth-order valence-corrected chi connectivity index (χ4v) is 2.59. The Kier molecular flexibility index (Phi) is 4.54. The van der Waals surface area contributed by atoms with Gasteiger partial charge in [0.2, 0.25) is 0 Å². The van der Waals surface area contributed by atoms with Crippen molar-refractivity contribution < 1.29 is 9.26 Å². The summed E-state index contributed by atoms with van der Waals surface area (Å²) in [6.07, 6.45) is 4.75. The van der Waals surface area contributed by atoms with Gasteiger partial charge in [0.25, 0.3) is 5.89 Å². The lowest BCUT2D eigenvalue weighted by Crippen LogP contribution is -2.40. The van der Waals surface area contributed by atoms with Crippen molar-refractivity contribution in [1.82, 2.24) is 24.8 Å². The van der Waals surface area contributed by atoms with Gasteiger partial charge in [0.15, 0.2) is 5.82 Å². The van der Waals surface area contributed by atoms with Crippen LogP contribution in [0.4, 0.5) is 0 Å². The highest BCUT2D eigenvalue weighted by molar-refractivity contribution is 5.49. The molecule has 1 aliphatic rings. The molecule has 0 spiro atoms. The van der Waals surface area contributed by atoms with Crippen LogP contribution in [0, 0.1) is 5.92 Å². The van der Waals surface area contributed by atoms with Crippen LogP contribution in [0.15, 0.2) is 16.9 Å². The van der Waals surface area contributed by atoms with E-state index >= 15 is 0 Å². The second-order valence-corrected chi connectivity index (χ2v) is 6.17. The van der Waals surface area contributed by atoms with Crippen LogP contribution in [0.2, 0.25) is 0 Å². The fraction of sp³-hybridized carbons (Fsp3) is 0.667. The quantitative estimate of drug-likeness (QED) is 0.840. The summed E-state index contributed by atoms with van der Waals surface area (Å²) in [5.74, 6) is 1.89. The van der Waals surface area contributed by atoms with E-state index in [9.17, 15) is 0 Å². The molecule has 0 aromatic carbocycles. The van der Waals surface area contributed by atoms with Crippen molar-refractivity contribution in [2.45, 2.75) is 26.3 Å². The van der Waals surface area contributed by atoms with E-state index < -0.39 is 0 Å². The monoisotopic (exact) mass is 305 g/mol. The normalized spacial score (nSPS) is 19.9. The highest BCUT2D eigenvalue weighted by Crippen LogP contribution is 2.25. The van der Waals surface area contributed by atoms with E-state index in [2.05, 4.69) is 34.0 Å². The zero-order valence-electron chi connectivity index (χ0n) is 13.4. The summed E-state index contributed by atoms with van der Waals surface area (Å²) in [6, 6.07) is 0.0710. The molecule has 1 unspecified atom stereocenters. The average Bonchev–Trinajstić information content (AvgIpc) is 3.14. The molecule has 1 fully saturated rings. The van der Waals surface area contributed by atoms with Gasteiger partial charge >= 0.3 is 0 Å². The maximum absolute atomic E-state index is 5.61. The maximum Gasteiger partial charge on any atom is 0.261 e. The van der Waals surface area contributed by atoms with Gasteiger partial charge in [-0.1, -0.05) is 19.0 Å². The molecule has 2 aromatic rings. The molecule has 0 radical (unpaired) electrons. The second-order valence-electron chi connectivity index (χ2n) is 6.17. The smallest absolute Gasteiger partial charge is 0.261 e. The predicted molar refractivity (Wildman–Crippen MR) is 81.1 cm³/mol. The third-order valence-corrected chi connectivity index (χ3v) is 3.92. The summed E-state index contributed by atoms with van der Waals surface area (Å²) in [7, 11) is 1.86. The molecule has 22 heavy (non-hydrogen) atoms. The largest absolute Gasteiger partial charge is 0.378 e. The van der Waals surface area contributed by atoms with Gasteiger partial charge in [-0.3, -0.25) is 9.58 Å². The van der Waals surface area contributed by atoms with E-state index in [4.69, 9.17) is 9.26 Å². The number of aryl methyl sites for hydroxylation is 1. The molecule has 0 aliphatic carbocycles. The van der Waals surface area contributed by atoms with Crippen LogP contribution in [-0.4, -0.2) is 51.1 Å². The first-order chi connectivity index (χ1) is 10.6. The molecule has 3 heterocycles. The molecule has 3 rings (SSSR count). The highest BCUT2D eigenvalue weighted by Gasteiger charge is 2.29. The maximum atomic E-state index is 5.61. The summed E-state index contributed by atoms with van der Waals surface area (Å²) in [5.41, 5.74) is 0.840. The number of morpholine rings is 1. The van der Waals surface area contributed by atoms with Gasteiger partial charge in [0.1, 0.15) is 0 Å². The first kappa shape index (κ1) is 15.2. The van der Waals surface area contributed by atoms with Crippen LogP contribution < -0.4 is 0 Å². The molecule has 1 saturated heterocycles. The summed E-state index contributed by atoms with van der Waals surface area (Å²) in [6.45, 7) is 7.80. The zero-order chi connectivity index (χ0) is 15.5. The van der Waals surface area contributed by atoms with Crippen molar-refractivity contribution in [1.29, 1.82) is 0 Å². The molecule has 1 aliphatic heterocycles. The van der Waals surface area contributed by atoms with Crippen molar-refractivity contribution in [2.75, 3.05) is 26.3 Å². The summed E-state index contributed by atoms with van der Waals surface area (Å²) in [4.78, 5) is 6.93. The number of aromatic nitrogens is 4. The molecule has 1 atom stereocenters. The van der Waals surface area contributed by atoms with Gasteiger partial charge in [-0.25, -0.2) is 0 Å². The Labute approximate surface area is 130 Å².